The molecule has 0 aliphatic heterocycles. The second kappa shape index (κ2) is 3.74. The second-order valence-electron chi connectivity index (χ2n) is 4.41. The van der Waals surface area contributed by atoms with Crippen LogP contribution in [0.15, 0.2) is 24.4 Å². The molecule has 0 atom stereocenters. The third-order valence-electron chi connectivity index (χ3n) is 3.45. The highest BCUT2D eigenvalue weighted by molar-refractivity contribution is 5.76. The summed E-state index contributed by atoms with van der Waals surface area (Å²) in [6.45, 7) is 0. The Morgan fingerprint density at radius 2 is 2.12 bits per heavy atom. The van der Waals surface area contributed by atoms with Crippen molar-refractivity contribution >= 4 is 11.9 Å². The fourth-order valence-electron chi connectivity index (χ4n) is 2.65. The highest BCUT2D eigenvalue weighted by atomic mass is 16.1. The topological polar surface area (TPSA) is 34.4 Å². The zero-order valence-electron chi connectivity index (χ0n) is 9.10. The van der Waals surface area contributed by atoms with E-state index in [4.69, 9.17) is 0 Å². The molecule has 82 valence electrons. The first kappa shape index (κ1) is 9.58. The van der Waals surface area contributed by atoms with Gasteiger partial charge in [-0.1, -0.05) is 18.9 Å². The van der Waals surface area contributed by atoms with Gasteiger partial charge in [0.2, 0.25) is 0 Å². The molecular weight excluding hydrogens is 200 g/mol. The first-order chi connectivity index (χ1) is 7.90. The molecule has 0 spiro atoms. The number of rotatable bonds is 2. The van der Waals surface area contributed by atoms with Crippen molar-refractivity contribution in [2.24, 2.45) is 0 Å². The number of carbonyl (C=O) groups excluding carboxylic acids is 1. The van der Waals surface area contributed by atoms with Gasteiger partial charge >= 0.3 is 0 Å². The fraction of sp³-hybridized carbons (Fsp3) is 0.385. The monoisotopic (exact) mass is 214 g/mol. The van der Waals surface area contributed by atoms with Gasteiger partial charge in [0.1, 0.15) is 11.3 Å². The molecule has 2 aromatic rings. The van der Waals surface area contributed by atoms with Crippen LogP contribution in [0.5, 0.6) is 0 Å². The van der Waals surface area contributed by atoms with Crippen LogP contribution in [0.3, 0.4) is 0 Å². The van der Waals surface area contributed by atoms with Gasteiger partial charge in [-0.2, -0.15) is 0 Å². The predicted octanol–water partition coefficient (Wildman–Crippen LogP) is 2.80. The van der Waals surface area contributed by atoms with Gasteiger partial charge in [-0.25, -0.2) is 4.98 Å². The van der Waals surface area contributed by atoms with Crippen LogP contribution in [0.2, 0.25) is 0 Å². The molecule has 2 aromatic heterocycles. The number of hydrogen-bond donors (Lipinski definition) is 0. The van der Waals surface area contributed by atoms with Crippen molar-refractivity contribution in [1.82, 2.24) is 9.38 Å². The molecule has 3 rings (SSSR count). The summed E-state index contributed by atoms with van der Waals surface area (Å²) in [6.07, 6.45) is 7.71. The van der Waals surface area contributed by atoms with Gasteiger partial charge in [-0.3, -0.25) is 9.20 Å². The van der Waals surface area contributed by atoms with Gasteiger partial charge in [-0.05, 0) is 25.0 Å². The molecule has 0 unspecified atom stereocenters. The summed E-state index contributed by atoms with van der Waals surface area (Å²) in [6, 6.07) is 5.83. The van der Waals surface area contributed by atoms with Gasteiger partial charge in [0, 0.05) is 12.1 Å². The summed E-state index contributed by atoms with van der Waals surface area (Å²) < 4.78 is 1.89. The van der Waals surface area contributed by atoms with Crippen LogP contribution < -0.4 is 0 Å². The average molecular weight is 214 g/mol. The average Bonchev–Trinajstić information content (AvgIpc) is 2.95. The van der Waals surface area contributed by atoms with Crippen molar-refractivity contribution in [3.8, 4) is 0 Å². The van der Waals surface area contributed by atoms with Gasteiger partial charge < -0.3 is 0 Å². The predicted molar refractivity (Wildman–Crippen MR) is 61.8 cm³/mol. The maximum atomic E-state index is 11.2. The molecule has 0 amide bonds. The van der Waals surface area contributed by atoms with E-state index in [9.17, 15) is 4.79 Å². The Balaban J connectivity index is 2.19. The smallest absolute Gasteiger partial charge is 0.168 e. The van der Waals surface area contributed by atoms with Crippen molar-refractivity contribution in [3.05, 3.63) is 35.8 Å². The van der Waals surface area contributed by atoms with Crippen LogP contribution in [0, 0.1) is 0 Å². The first-order valence-corrected chi connectivity index (χ1v) is 5.82. The molecule has 1 saturated carbocycles. The lowest BCUT2D eigenvalue weighted by Crippen LogP contribution is -1.99. The molecular formula is C13H14N2O. The van der Waals surface area contributed by atoms with Crippen molar-refractivity contribution in [2.45, 2.75) is 31.6 Å². The summed E-state index contributed by atoms with van der Waals surface area (Å²) >= 11 is 0. The van der Waals surface area contributed by atoms with Crippen LogP contribution in [-0.2, 0) is 0 Å². The van der Waals surface area contributed by atoms with Crippen molar-refractivity contribution in [2.75, 3.05) is 0 Å². The van der Waals surface area contributed by atoms with E-state index < -0.39 is 0 Å². The maximum absolute atomic E-state index is 11.2. The molecule has 3 nitrogen and oxygen atoms in total. The molecule has 3 heteroatoms. The standard InChI is InChI=1S/C13H14N2O/c16-9-11-13(10-5-1-2-6-10)14-12-7-3-4-8-15(11)12/h3-4,7-10H,1-2,5-6H2. The molecule has 2 heterocycles. The van der Waals surface area contributed by atoms with Gasteiger partial charge in [0.05, 0.1) is 5.69 Å². The van der Waals surface area contributed by atoms with Crippen LogP contribution in [-0.4, -0.2) is 15.7 Å². The summed E-state index contributed by atoms with van der Waals surface area (Å²) in [4.78, 5) is 15.8. The Kier molecular flexibility index (Phi) is 2.24. The van der Waals surface area contributed by atoms with Gasteiger partial charge in [0.15, 0.2) is 6.29 Å². The van der Waals surface area contributed by atoms with E-state index >= 15 is 0 Å². The van der Waals surface area contributed by atoms with Crippen LogP contribution >= 0.6 is 0 Å². The lowest BCUT2D eigenvalue weighted by atomic mass is 10.0. The number of aromatic nitrogens is 2. The first-order valence-electron chi connectivity index (χ1n) is 5.82. The molecule has 16 heavy (non-hydrogen) atoms. The number of imidazole rings is 1. The van der Waals surface area contributed by atoms with E-state index in [1.165, 1.54) is 25.7 Å². The fourth-order valence-corrected chi connectivity index (χ4v) is 2.65. The van der Waals surface area contributed by atoms with Gasteiger partial charge in [-0.15, -0.1) is 0 Å². The quantitative estimate of drug-likeness (QED) is 0.720. The number of pyridine rings is 1. The molecule has 0 bridgehead atoms. The van der Waals surface area contributed by atoms with E-state index in [1.54, 1.807) is 0 Å². The highest BCUT2D eigenvalue weighted by Crippen LogP contribution is 2.35. The van der Waals surface area contributed by atoms with Crippen molar-refractivity contribution in [1.29, 1.82) is 0 Å². The molecule has 1 aliphatic carbocycles. The molecule has 0 N–H and O–H groups in total. The second-order valence-corrected chi connectivity index (χ2v) is 4.41. The molecule has 0 radical (unpaired) electrons. The summed E-state index contributed by atoms with van der Waals surface area (Å²) in [5.74, 6) is 0.486. The van der Waals surface area contributed by atoms with Crippen molar-refractivity contribution in [3.63, 3.8) is 0 Å². The van der Waals surface area contributed by atoms with Crippen molar-refractivity contribution < 1.29 is 4.79 Å². The van der Waals surface area contributed by atoms with E-state index in [0.717, 1.165) is 23.3 Å². The summed E-state index contributed by atoms with van der Waals surface area (Å²) in [5.41, 5.74) is 2.62. The molecule has 0 saturated heterocycles. The minimum Gasteiger partial charge on any atom is -0.297 e. The minimum atomic E-state index is 0.486. The normalized spacial score (nSPS) is 17.0. The van der Waals surface area contributed by atoms with E-state index in [-0.39, 0.29) is 0 Å². The zero-order valence-corrected chi connectivity index (χ0v) is 9.10. The Labute approximate surface area is 94.1 Å². The maximum Gasteiger partial charge on any atom is 0.168 e. The van der Waals surface area contributed by atoms with Crippen LogP contribution in [0.1, 0.15) is 47.8 Å². The summed E-state index contributed by atoms with van der Waals surface area (Å²) in [7, 11) is 0. The minimum absolute atomic E-state index is 0.486. The molecule has 1 fully saturated rings. The third-order valence-corrected chi connectivity index (χ3v) is 3.45. The zero-order chi connectivity index (χ0) is 11.0. The molecule has 1 aliphatic rings. The Morgan fingerprint density at radius 1 is 1.31 bits per heavy atom. The van der Waals surface area contributed by atoms with E-state index in [0.29, 0.717) is 5.92 Å². The highest BCUT2D eigenvalue weighted by Gasteiger charge is 2.23. The van der Waals surface area contributed by atoms with Crippen LogP contribution in [0.25, 0.3) is 5.65 Å². The SMILES string of the molecule is O=Cc1c(C2CCCC2)nc2ccccn12. The lowest BCUT2D eigenvalue weighted by molar-refractivity contribution is 0.111. The summed E-state index contributed by atoms with van der Waals surface area (Å²) in [5, 5.41) is 0. The Bertz CT molecular complexity index is 524. The van der Waals surface area contributed by atoms with E-state index in [2.05, 4.69) is 4.98 Å². The van der Waals surface area contributed by atoms with Crippen LogP contribution in [0.4, 0.5) is 0 Å². The lowest BCUT2D eigenvalue weighted by Gasteiger charge is -2.05. The van der Waals surface area contributed by atoms with E-state index in [1.807, 2.05) is 28.8 Å². The Morgan fingerprint density at radius 3 is 2.88 bits per heavy atom. The number of carbonyl (C=O) groups is 1. The number of hydrogen-bond acceptors (Lipinski definition) is 2. The number of fused-ring (bicyclic) bond motifs is 1. The van der Waals surface area contributed by atoms with Gasteiger partial charge in [0.25, 0.3) is 0 Å². The number of aldehydes is 1. The number of nitrogens with zero attached hydrogens (tertiary/aromatic N) is 2. The third kappa shape index (κ3) is 1.35. The Hall–Kier alpha value is -1.64. The largest absolute Gasteiger partial charge is 0.297 e. The molecule has 0 aromatic carbocycles.